The van der Waals surface area contributed by atoms with Gasteiger partial charge in [0, 0.05) is 36.3 Å². The Morgan fingerprint density at radius 2 is 2.20 bits per heavy atom. The van der Waals surface area contributed by atoms with Gasteiger partial charge >= 0.3 is 0 Å². The molecule has 3 rings (SSSR count). The van der Waals surface area contributed by atoms with Gasteiger partial charge < -0.3 is 10.6 Å². The van der Waals surface area contributed by atoms with Gasteiger partial charge in [-0.15, -0.1) is 5.10 Å². The minimum atomic E-state index is -0.0522. The van der Waals surface area contributed by atoms with Crippen molar-refractivity contribution in [2.24, 2.45) is 0 Å². The van der Waals surface area contributed by atoms with Crippen molar-refractivity contribution in [3.05, 3.63) is 36.3 Å². The van der Waals surface area contributed by atoms with E-state index < -0.39 is 0 Å². The van der Waals surface area contributed by atoms with Gasteiger partial charge in [-0.25, -0.2) is 4.98 Å². The molecule has 0 unspecified atom stereocenters. The minimum Gasteiger partial charge on any atom is -0.361 e. The normalized spacial score (nSPS) is 10.8. The van der Waals surface area contributed by atoms with Crippen molar-refractivity contribution in [2.45, 2.75) is 26.7 Å². The molecule has 0 aliphatic heterocycles. The van der Waals surface area contributed by atoms with Gasteiger partial charge in [0.15, 0.2) is 5.82 Å². The number of amides is 1. The van der Waals surface area contributed by atoms with E-state index in [9.17, 15) is 4.79 Å². The Kier molecular flexibility index (Phi) is 5.17. The fourth-order valence-electron chi connectivity index (χ4n) is 2.37. The molecule has 0 saturated heterocycles. The molecule has 3 heterocycles. The van der Waals surface area contributed by atoms with Crippen molar-refractivity contribution < 1.29 is 4.79 Å². The Morgan fingerprint density at radius 3 is 2.96 bits per heavy atom. The number of rotatable bonds is 7. The fraction of sp³-hybridized carbons (Fsp3) is 0.353. The number of nitrogens with zero attached hydrogens (tertiary/aromatic N) is 5. The second kappa shape index (κ2) is 7.69. The summed E-state index contributed by atoms with van der Waals surface area (Å²) in [4.78, 5) is 24.8. The van der Waals surface area contributed by atoms with E-state index >= 15 is 0 Å². The standard InChI is InChI=1S/C17H21N7O/c1-3-4-8-19-15(25)11-20-14-9-12(2)21-17-22-16(23-24(14)17)13-6-5-7-18-10-13/h5-7,9-10,20H,3-4,8,11H2,1-2H3,(H,19,25). The van der Waals surface area contributed by atoms with Crippen molar-refractivity contribution in [2.75, 3.05) is 18.4 Å². The molecule has 0 aliphatic rings. The maximum Gasteiger partial charge on any atom is 0.254 e. The third kappa shape index (κ3) is 4.09. The largest absolute Gasteiger partial charge is 0.361 e. The highest BCUT2D eigenvalue weighted by Crippen LogP contribution is 2.17. The number of carbonyl (C=O) groups excluding carboxylic acids is 1. The average Bonchev–Trinajstić information content (AvgIpc) is 3.04. The van der Waals surface area contributed by atoms with E-state index in [-0.39, 0.29) is 12.5 Å². The molecule has 0 spiro atoms. The van der Waals surface area contributed by atoms with E-state index in [2.05, 4.69) is 37.6 Å². The summed E-state index contributed by atoms with van der Waals surface area (Å²) in [6.45, 7) is 4.83. The summed E-state index contributed by atoms with van der Waals surface area (Å²) in [7, 11) is 0. The quantitative estimate of drug-likeness (QED) is 0.637. The lowest BCUT2D eigenvalue weighted by molar-refractivity contribution is -0.119. The van der Waals surface area contributed by atoms with Gasteiger partial charge in [0.05, 0.1) is 6.54 Å². The van der Waals surface area contributed by atoms with E-state index in [1.54, 1.807) is 16.9 Å². The summed E-state index contributed by atoms with van der Waals surface area (Å²) in [5.41, 5.74) is 1.61. The van der Waals surface area contributed by atoms with Gasteiger partial charge in [-0.2, -0.15) is 9.50 Å². The van der Waals surface area contributed by atoms with Crippen molar-refractivity contribution in [3.8, 4) is 11.4 Å². The molecule has 0 aliphatic carbocycles. The molecule has 0 bridgehead atoms. The van der Waals surface area contributed by atoms with Crippen LogP contribution in [0.25, 0.3) is 17.2 Å². The van der Waals surface area contributed by atoms with Crippen LogP contribution in [-0.4, -0.2) is 43.6 Å². The molecule has 8 nitrogen and oxygen atoms in total. The van der Waals surface area contributed by atoms with Crippen LogP contribution in [0, 0.1) is 6.92 Å². The lowest BCUT2D eigenvalue weighted by atomic mass is 10.3. The molecule has 2 N–H and O–H groups in total. The van der Waals surface area contributed by atoms with Gasteiger partial charge in [0.25, 0.3) is 5.78 Å². The summed E-state index contributed by atoms with van der Waals surface area (Å²) in [6.07, 6.45) is 5.43. The Bertz CT molecular complexity index is 860. The number of pyridine rings is 1. The third-order valence-electron chi connectivity index (χ3n) is 3.64. The van der Waals surface area contributed by atoms with E-state index in [0.717, 1.165) is 24.1 Å². The Morgan fingerprint density at radius 1 is 1.32 bits per heavy atom. The first-order valence-electron chi connectivity index (χ1n) is 8.32. The molecule has 0 radical (unpaired) electrons. The second-order valence-electron chi connectivity index (χ2n) is 5.73. The van der Waals surface area contributed by atoms with Crippen molar-refractivity contribution in [1.82, 2.24) is 29.9 Å². The van der Waals surface area contributed by atoms with Crippen LogP contribution < -0.4 is 10.6 Å². The van der Waals surface area contributed by atoms with Gasteiger partial charge in [-0.05, 0) is 25.5 Å². The number of unbranched alkanes of at least 4 members (excludes halogenated alkanes) is 1. The number of aromatic nitrogens is 5. The van der Waals surface area contributed by atoms with Crippen LogP contribution in [0.5, 0.6) is 0 Å². The average molecular weight is 339 g/mol. The van der Waals surface area contributed by atoms with E-state index in [1.807, 2.05) is 25.1 Å². The number of hydrogen-bond donors (Lipinski definition) is 2. The monoisotopic (exact) mass is 339 g/mol. The van der Waals surface area contributed by atoms with E-state index in [1.165, 1.54) is 0 Å². The smallest absolute Gasteiger partial charge is 0.254 e. The van der Waals surface area contributed by atoms with E-state index in [4.69, 9.17) is 0 Å². The Hall–Kier alpha value is -3.03. The summed E-state index contributed by atoms with van der Waals surface area (Å²) in [6, 6.07) is 5.57. The Balaban J connectivity index is 1.80. The predicted molar refractivity (Wildman–Crippen MR) is 95.2 cm³/mol. The zero-order chi connectivity index (χ0) is 17.6. The van der Waals surface area contributed by atoms with Crippen LogP contribution in [0.15, 0.2) is 30.6 Å². The number of fused-ring (bicyclic) bond motifs is 1. The van der Waals surface area contributed by atoms with Gasteiger partial charge in [-0.3, -0.25) is 9.78 Å². The lowest BCUT2D eigenvalue weighted by Crippen LogP contribution is -2.31. The predicted octanol–water partition coefficient (Wildman–Crippen LogP) is 1.82. The number of anilines is 1. The zero-order valence-corrected chi connectivity index (χ0v) is 14.4. The summed E-state index contributed by atoms with van der Waals surface area (Å²) in [5.74, 6) is 1.65. The number of carbonyl (C=O) groups is 1. The first-order chi connectivity index (χ1) is 12.2. The van der Waals surface area contributed by atoms with Crippen LogP contribution in [0.1, 0.15) is 25.5 Å². The first-order valence-corrected chi connectivity index (χ1v) is 8.32. The first kappa shape index (κ1) is 16.8. The molecule has 3 aromatic heterocycles. The van der Waals surface area contributed by atoms with Crippen molar-refractivity contribution >= 4 is 17.5 Å². The number of nitrogens with one attached hydrogen (secondary N) is 2. The van der Waals surface area contributed by atoms with Crippen LogP contribution in [0.4, 0.5) is 5.82 Å². The molecular weight excluding hydrogens is 318 g/mol. The highest BCUT2D eigenvalue weighted by molar-refractivity contribution is 5.80. The molecule has 0 aromatic carbocycles. The fourth-order valence-corrected chi connectivity index (χ4v) is 2.37. The molecule has 3 aromatic rings. The van der Waals surface area contributed by atoms with Crippen molar-refractivity contribution in [3.63, 3.8) is 0 Å². The maximum absolute atomic E-state index is 11.9. The van der Waals surface area contributed by atoms with Crippen LogP contribution in [-0.2, 0) is 4.79 Å². The van der Waals surface area contributed by atoms with Gasteiger partial charge in [0.2, 0.25) is 5.91 Å². The van der Waals surface area contributed by atoms with Gasteiger partial charge in [0.1, 0.15) is 5.82 Å². The maximum atomic E-state index is 11.9. The van der Waals surface area contributed by atoms with Gasteiger partial charge in [-0.1, -0.05) is 13.3 Å². The van der Waals surface area contributed by atoms with E-state index in [0.29, 0.717) is 24.0 Å². The molecule has 25 heavy (non-hydrogen) atoms. The summed E-state index contributed by atoms with van der Waals surface area (Å²) >= 11 is 0. The molecule has 8 heteroatoms. The minimum absolute atomic E-state index is 0.0522. The van der Waals surface area contributed by atoms with Crippen molar-refractivity contribution in [1.29, 1.82) is 0 Å². The number of hydrogen-bond acceptors (Lipinski definition) is 6. The zero-order valence-electron chi connectivity index (χ0n) is 14.4. The van der Waals surface area contributed by atoms with Crippen LogP contribution >= 0.6 is 0 Å². The molecule has 1 amide bonds. The molecule has 0 saturated carbocycles. The molecule has 0 fully saturated rings. The highest BCUT2D eigenvalue weighted by Gasteiger charge is 2.12. The molecule has 130 valence electrons. The third-order valence-corrected chi connectivity index (χ3v) is 3.64. The second-order valence-corrected chi connectivity index (χ2v) is 5.73. The Labute approximate surface area is 145 Å². The summed E-state index contributed by atoms with van der Waals surface area (Å²) < 4.78 is 1.61. The SMILES string of the molecule is CCCCNC(=O)CNc1cc(C)nc2nc(-c3cccnc3)nn12. The topological polar surface area (TPSA) is 97.1 Å². The highest BCUT2D eigenvalue weighted by atomic mass is 16.1. The molecule has 0 atom stereocenters. The van der Waals surface area contributed by atoms with Crippen LogP contribution in [0.2, 0.25) is 0 Å². The number of aryl methyl sites for hydroxylation is 1. The summed E-state index contributed by atoms with van der Waals surface area (Å²) in [5, 5.41) is 10.5. The lowest BCUT2D eigenvalue weighted by Gasteiger charge is -2.09. The van der Waals surface area contributed by atoms with Crippen LogP contribution in [0.3, 0.4) is 0 Å². The molecular formula is C17H21N7O.